The molecule has 0 spiro atoms. The fourth-order valence-electron chi connectivity index (χ4n) is 5.06. The van der Waals surface area contributed by atoms with Crippen LogP contribution in [0.4, 0.5) is 0 Å². The zero-order chi connectivity index (χ0) is 30.9. The summed E-state index contributed by atoms with van der Waals surface area (Å²) in [6.45, 7) is 5.46. The Balaban J connectivity index is 1.23. The smallest absolute Gasteiger partial charge is 0.213 e. The summed E-state index contributed by atoms with van der Waals surface area (Å²) in [6.07, 6.45) is 5.22. The topological polar surface area (TPSA) is 118 Å². The number of hydrogen-bond acceptors (Lipinski definition) is 9. The van der Waals surface area contributed by atoms with Crippen molar-refractivity contribution in [2.24, 2.45) is 0 Å². The third-order valence-electron chi connectivity index (χ3n) is 7.45. The molecule has 0 amide bonds. The van der Waals surface area contributed by atoms with Crippen LogP contribution in [0.25, 0.3) is 11.3 Å². The number of benzene rings is 2. The molecule has 0 saturated carbocycles. The fourth-order valence-corrected chi connectivity index (χ4v) is 5.29. The molecule has 1 unspecified atom stereocenters. The Bertz CT molecular complexity index is 1660. The van der Waals surface area contributed by atoms with Crippen LogP contribution < -0.4 is 14.2 Å². The number of ether oxygens (including phenoxy) is 3. The molecule has 1 atom stereocenters. The first-order chi connectivity index (χ1) is 21.4. The van der Waals surface area contributed by atoms with E-state index in [1.165, 1.54) is 12.3 Å². The first-order valence-electron chi connectivity index (χ1n) is 14.4. The molecule has 10 heteroatoms. The highest BCUT2D eigenvalue weighted by Crippen LogP contribution is 2.34. The summed E-state index contributed by atoms with van der Waals surface area (Å²) >= 11 is 6.46. The van der Waals surface area contributed by atoms with Crippen molar-refractivity contribution in [2.75, 3.05) is 26.2 Å². The molecule has 3 heterocycles. The molecule has 1 aliphatic heterocycles. The van der Waals surface area contributed by atoms with Gasteiger partial charge in [-0.3, -0.25) is 9.78 Å². The molecule has 0 aliphatic carbocycles. The number of carbonyl (C=O) groups is 1. The number of β-amino-alcohol motifs (C(OH)–C–C–N with tert-alkyl or cyclic N) is 1. The summed E-state index contributed by atoms with van der Waals surface area (Å²) in [4.78, 5) is 22.7. The van der Waals surface area contributed by atoms with Crippen molar-refractivity contribution in [3.8, 4) is 34.7 Å². The Morgan fingerprint density at radius 3 is 2.73 bits per heavy atom. The Labute approximate surface area is 261 Å². The lowest BCUT2D eigenvalue weighted by Crippen LogP contribution is -2.24. The minimum absolute atomic E-state index is 0.115. The lowest BCUT2D eigenvalue weighted by molar-refractivity contribution is 0.111. The summed E-state index contributed by atoms with van der Waals surface area (Å²) < 4.78 is 17.9. The quantitative estimate of drug-likeness (QED) is 0.148. The molecule has 5 rings (SSSR count). The lowest BCUT2D eigenvalue weighted by Gasteiger charge is -2.16. The van der Waals surface area contributed by atoms with Crippen LogP contribution in [0, 0.1) is 18.3 Å². The summed E-state index contributed by atoms with van der Waals surface area (Å²) in [5.74, 6) is 1.25. The number of aldehydes is 1. The fraction of sp³-hybridized carbons (Fsp3) is 0.294. The van der Waals surface area contributed by atoms with E-state index in [0.717, 1.165) is 54.9 Å². The van der Waals surface area contributed by atoms with Crippen LogP contribution in [0.1, 0.15) is 45.5 Å². The molecule has 1 saturated heterocycles. The average Bonchev–Trinajstić information content (AvgIpc) is 3.47. The average molecular weight is 613 g/mol. The maximum Gasteiger partial charge on any atom is 0.213 e. The van der Waals surface area contributed by atoms with E-state index in [1.807, 2.05) is 49.4 Å². The summed E-state index contributed by atoms with van der Waals surface area (Å²) in [6, 6.07) is 18.5. The number of hydrogen-bond donors (Lipinski definition) is 1. The number of aliphatic hydroxyl groups excluding tert-OH is 1. The second-order valence-electron chi connectivity index (χ2n) is 10.6. The molecule has 226 valence electrons. The van der Waals surface area contributed by atoms with Crippen molar-refractivity contribution >= 4 is 17.9 Å². The highest BCUT2D eigenvalue weighted by molar-refractivity contribution is 6.32. The summed E-state index contributed by atoms with van der Waals surface area (Å²) in [5.41, 5.74) is 5.10. The Morgan fingerprint density at radius 1 is 1.09 bits per heavy atom. The number of nitriles is 1. The van der Waals surface area contributed by atoms with Crippen molar-refractivity contribution in [3.63, 3.8) is 0 Å². The number of carbonyl (C=O) groups excluding carboxylic acids is 1. The van der Waals surface area contributed by atoms with Gasteiger partial charge in [-0.2, -0.15) is 5.26 Å². The van der Waals surface area contributed by atoms with Gasteiger partial charge in [-0.05, 0) is 49.1 Å². The first-order valence-corrected chi connectivity index (χ1v) is 14.8. The molecule has 44 heavy (non-hydrogen) atoms. The normalized spacial score (nSPS) is 14.6. The van der Waals surface area contributed by atoms with Crippen molar-refractivity contribution in [1.29, 1.82) is 5.26 Å². The second kappa shape index (κ2) is 14.8. The van der Waals surface area contributed by atoms with Crippen LogP contribution >= 0.6 is 11.6 Å². The number of halogens is 1. The molecule has 2 aromatic carbocycles. The molecular formula is C34H33ClN4O5. The third-order valence-corrected chi connectivity index (χ3v) is 7.75. The van der Waals surface area contributed by atoms with Crippen LogP contribution in [0.5, 0.6) is 17.4 Å². The molecule has 0 radical (unpaired) electrons. The van der Waals surface area contributed by atoms with Gasteiger partial charge in [0.05, 0.1) is 34.6 Å². The summed E-state index contributed by atoms with van der Waals surface area (Å²) in [5, 5.41) is 19.1. The largest absolute Gasteiger partial charge is 0.488 e. The van der Waals surface area contributed by atoms with Crippen LogP contribution in [-0.4, -0.2) is 58.6 Å². The highest BCUT2D eigenvalue weighted by atomic mass is 35.5. The van der Waals surface area contributed by atoms with Crippen molar-refractivity contribution in [2.45, 2.75) is 39.1 Å². The van der Waals surface area contributed by atoms with E-state index in [0.29, 0.717) is 41.4 Å². The number of aliphatic hydroxyl groups is 1. The van der Waals surface area contributed by atoms with E-state index in [-0.39, 0.29) is 29.9 Å². The van der Waals surface area contributed by atoms with Gasteiger partial charge in [0.1, 0.15) is 30.8 Å². The molecule has 1 aliphatic rings. The SMILES string of the molecule is Cc1c(COc2cc(OCc3cncc(C#N)c3)c(C=O)cc2Cl)cccc1-c1cccc(OCCCN2CCC(O)C2)n1. The minimum Gasteiger partial charge on any atom is -0.488 e. The number of aromatic nitrogens is 2. The number of likely N-dealkylation sites (tertiary alicyclic amines) is 1. The van der Waals surface area contributed by atoms with Gasteiger partial charge in [-0.15, -0.1) is 0 Å². The maximum absolute atomic E-state index is 11.7. The highest BCUT2D eigenvalue weighted by Gasteiger charge is 2.19. The molecule has 0 bridgehead atoms. The van der Waals surface area contributed by atoms with Gasteiger partial charge < -0.3 is 24.2 Å². The number of nitrogens with zero attached hydrogens (tertiary/aromatic N) is 4. The molecule has 4 aromatic rings. The van der Waals surface area contributed by atoms with Crippen LogP contribution in [0.2, 0.25) is 5.02 Å². The molecule has 9 nitrogen and oxygen atoms in total. The van der Waals surface area contributed by atoms with E-state index >= 15 is 0 Å². The molecular weight excluding hydrogens is 580 g/mol. The predicted octanol–water partition coefficient (Wildman–Crippen LogP) is 5.78. The van der Waals surface area contributed by atoms with Gasteiger partial charge in [0, 0.05) is 55.3 Å². The predicted molar refractivity (Wildman–Crippen MR) is 166 cm³/mol. The standard InChI is InChI=1S/C34H33ClN4O5/c1-23-26(5-2-6-29(23)31-7-3-8-34(38-31)42-12-4-10-39-11-9-28(41)19-39)22-44-33-15-32(27(20-40)14-30(33)35)43-21-25-13-24(16-36)17-37-18-25/h2-3,5-8,13-15,17-18,20,28,41H,4,9-12,19,21-22H2,1H3. The Kier molecular flexibility index (Phi) is 10.4. The van der Waals surface area contributed by atoms with Crippen molar-refractivity contribution < 1.29 is 24.1 Å². The number of rotatable bonds is 13. The van der Waals surface area contributed by atoms with Gasteiger partial charge in [0.15, 0.2) is 6.29 Å². The van der Waals surface area contributed by atoms with Crippen LogP contribution in [0.3, 0.4) is 0 Å². The molecule has 1 N–H and O–H groups in total. The Hall–Kier alpha value is -4.49. The third kappa shape index (κ3) is 7.91. The molecule has 1 fully saturated rings. The van der Waals surface area contributed by atoms with E-state index in [1.54, 1.807) is 18.3 Å². The van der Waals surface area contributed by atoms with Gasteiger partial charge in [-0.1, -0.05) is 35.9 Å². The summed E-state index contributed by atoms with van der Waals surface area (Å²) in [7, 11) is 0. The maximum atomic E-state index is 11.7. The van der Waals surface area contributed by atoms with Gasteiger partial charge in [0.2, 0.25) is 5.88 Å². The zero-order valence-corrected chi connectivity index (χ0v) is 25.2. The van der Waals surface area contributed by atoms with Gasteiger partial charge >= 0.3 is 0 Å². The zero-order valence-electron chi connectivity index (χ0n) is 24.4. The number of pyridine rings is 2. The minimum atomic E-state index is -0.214. The van der Waals surface area contributed by atoms with Crippen molar-refractivity contribution in [3.05, 3.63) is 99.8 Å². The van der Waals surface area contributed by atoms with Crippen LogP contribution in [0.15, 0.2) is 67.0 Å². The van der Waals surface area contributed by atoms with Gasteiger partial charge in [-0.25, -0.2) is 4.98 Å². The van der Waals surface area contributed by atoms with E-state index in [9.17, 15) is 9.90 Å². The lowest BCUT2D eigenvalue weighted by atomic mass is 10.00. The molecule has 2 aromatic heterocycles. The first kappa shape index (κ1) is 31.0. The van der Waals surface area contributed by atoms with E-state index in [2.05, 4.69) is 9.88 Å². The van der Waals surface area contributed by atoms with E-state index in [4.69, 9.17) is 36.1 Å². The van der Waals surface area contributed by atoms with E-state index < -0.39 is 0 Å². The van der Waals surface area contributed by atoms with Crippen LogP contribution in [-0.2, 0) is 13.2 Å². The second-order valence-corrected chi connectivity index (χ2v) is 11.0. The monoisotopic (exact) mass is 612 g/mol. The Morgan fingerprint density at radius 2 is 1.93 bits per heavy atom. The van der Waals surface area contributed by atoms with Gasteiger partial charge in [0.25, 0.3) is 0 Å². The van der Waals surface area contributed by atoms with Crippen molar-refractivity contribution in [1.82, 2.24) is 14.9 Å².